The lowest BCUT2D eigenvalue weighted by atomic mass is 9.77. The molecule has 0 aliphatic heterocycles. The van der Waals surface area contributed by atoms with E-state index in [9.17, 15) is 0 Å². The van der Waals surface area contributed by atoms with E-state index in [4.69, 9.17) is 22.2 Å². The van der Waals surface area contributed by atoms with Gasteiger partial charge >= 0.3 is 0 Å². The summed E-state index contributed by atoms with van der Waals surface area (Å²) in [6, 6.07) is 0. The zero-order valence-corrected chi connectivity index (χ0v) is 9.91. The molecule has 0 saturated heterocycles. The SMILES string of the molecule is CC1(C)CCC([SiH](Cl)Cl)CC1. The predicted molar refractivity (Wildman–Crippen MR) is 54.9 cm³/mol. The molecule has 0 atom stereocenters. The Morgan fingerprint density at radius 3 is 2.00 bits per heavy atom. The summed E-state index contributed by atoms with van der Waals surface area (Å²) in [5, 5.41) is 0. The fraction of sp³-hybridized carbons (Fsp3) is 1.00. The molecule has 1 rings (SSSR count). The van der Waals surface area contributed by atoms with Crippen LogP contribution >= 0.6 is 22.2 Å². The normalized spacial score (nSPS) is 25.9. The Morgan fingerprint density at radius 1 is 1.18 bits per heavy atom. The summed E-state index contributed by atoms with van der Waals surface area (Å²) in [7, 11) is -1.37. The van der Waals surface area contributed by atoms with Gasteiger partial charge in [0.1, 0.15) is 0 Å². The fourth-order valence-electron chi connectivity index (χ4n) is 1.67. The van der Waals surface area contributed by atoms with Crippen LogP contribution in [0.4, 0.5) is 0 Å². The second-order valence-electron chi connectivity index (χ2n) is 4.34. The third-order valence-corrected chi connectivity index (χ3v) is 6.26. The van der Waals surface area contributed by atoms with Crippen molar-refractivity contribution in [1.82, 2.24) is 0 Å². The molecule has 0 nitrogen and oxygen atoms in total. The van der Waals surface area contributed by atoms with E-state index in [1.54, 1.807) is 0 Å². The second kappa shape index (κ2) is 3.67. The standard InChI is InChI=1S/C8H16Cl2Si/c1-8(2)5-3-7(4-6-8)11(9)10/h7,11H,3-6H2,1-2H3. The molecule has 0 spiro atoms. The minimum atomic E-state index is -1.37. The maximum absolute atomic E-state index is 5.95. The summed E-state index contributed by atoms with van der Waals surface area (Å²) in [5.41, 5.74) is 1.24. The Balaban J connectivity index is 2.36. The third-order valence-electron chi connectivity index (χ3n) is 2.74. The minimum Gasteiger partial charge on any atom is -0.150 e. The maximum atomic E-state index is 5.95. The van der Waals surface area contributed by atoms with Gasteiger partial charge in [0.15, 0.2) is 0 Å². The molecule has 1 aliphatic rings. The average molecular weight is 211 g/mol. The lowest BCUT2D eigenvalue weighted by Gasteiger charge is -2.34. The lowest BCUT2D eigenvalue weighted by molar-refractivity contribution is 0.244. The van der Waals surface area contributed by atoms with E-state index in [1.807, 2.05) is 0 Å². The summed E-state index contributed by atoms with van der Waals surface area (Å²) in [6.07, 6.45) is 5.13. The van der Waals surface area contributed by atoms with Gasteiger partial charge in [-0.25, -0.2) is 0 Å². The first kappa shape index (κ1) is 9.88. The molecule has 0 heterocycles. The molecule has 0 unspecified atom stereocenters. The molecule has 0 aromatic carbocycles. The van der Waals surface area contributed by atoms with Gasteiger partial charge in [-0.3, -0.25) is 0 Å². The number of hydrogen-bond donors (Lipinski definition) is 0. The van der Waals surface area contributed by atoms with E-state index >= 15 is 0 Å². The highest BCUT2D eigenvalue weighted by atomic mass is 35.7. The molecule has 3 heteroatoms. The average Bonchev–Trinajstić information content (AvgIpc) is 1.86. The van der Waals surface area contributed by atoms with Crippen molar-refractivity contribution in [1.29, 1.82) is 0 Å². The van der Waals surface area contributed by atoms with E-state index in [2.05, 4.69) is 13.8 Å². The zero-order chi connectivity index (χ0) is 8.48. The van der Waals surface area contributed by atoms with Gasteiger partial charge in [0.05, 0.1) is 0 Å². The zero-order valence-electron chi connectivity index (χ0n) is 7.24. The molecule has 11 heavy (non-hydrogen) atoms. The highest BCUT2D eigenvalue weighted by molar-refractivity contribution is 7.34. The van der Waals surface area contributed by atoms with Crippen LogP contribution < -0.4 is 0 Å². The first-order valence-corrected chi connectivity index (χ1v) is 8.45. The summed E-state index contributed by atoms with van der Waals surface area (Å²) in [5.74, 6) is 0. The van der Waals surface area contributed by atoms with E-state index < -0.39 is 7.42 Å². The first-order valence-electron chi connectivity index (χ1n) is 4.29. The molecule has 1 fully saturated rings. The molecule has 0 bridgehead atoms. The van der Waals surface area contributed by atoms with Gasteiger partial charge in [-0.1, -0.05) is 26.7 Å². The van der Waals surface area contributed by atoms with Gasteiger partial charge in [0, 0.05) is 0 Å². The van der Waals surface area contributed by atoms with Crippen LogP contribution in [0.5, 0.6) is 0 Å². The monoisotopic (exact) mass is 210 g/mol. The van der Waals surface area contributed by atoms with E-state index in [-0.39, 0.29) is 0 Å². The topological polar surface area (TPSA) is 0 Å². The molecular weight excluding hydrogens is 195 g/mol. The smallest absolute Gasteiger partial charge is 0.150 e. The van der Waals surface area contributed by atoms with Crippen LogP contribution in [0.15, 0.2) is 0 Å². The molecular formula is C8H16Cl2Si. The number of rotatable bonds is 1. The van der Waals surface area contributed by atoms with Crippen LogP contribution in [-0.2, 0) is 0 Å². The number of halogens is 2. The molecule has 66 valence electrons. The highest BCUT2D eigenvalue weighted by Gasteiger charge is 2.30. The quantitative estimate of drug-likeness (QED) is 0.458. The summed E-state index contributed by atoms with van der Waals surface area (Å²) in [4.78, 5) is 0. The van der Waals surface area contributed by atoms with Crippen molar-refractivity contribution in [2.75, 3.05) is 0 Å². The van der Waals surface area contributed by atoms with Crippen molar-refractivity contribution in [3.8, 4) is 0 Å². The van der Waals surface area contributed by atoms with Gasteiger partial charge in [-0.2, -0.15) is 22.2 Å². The van der Waals surface area contributed by atoms with Crippen LogP contribution in [-0.4, -0.2) is 7.42 Å². The fourth-order valence-corrected chi connectivity index (χ4v) is 4.02. The van der Waals surface area contributed by atoms with Crippen molar-refractivity contribution in [3.05, 3.63) is 0 Å². The Hall–Kier alpha value is 0.797. The molecule has 0 aromatic rings. The lowest BCUT2D eigenvalue weighted by Crippen LogP contribution is -2.22. The van der Waals surface area contributed by atoms with Crippen molar-refractivity contribution in [2.45, 2.75) is 45.1 Å². The Labute approximate surface area is 80.3 Å². The Bertz CT molecular complexity index is 124. The Morgan fingerprint density at radius 2 is 1.64 bits per heavy atom. The maximum Gasteiger partial charge on any atom is 0.240 e. The largest absolute Gasteiger partial charge is 0.240 e. The third kappa shape index (κ3) is 2.96. The van der Waals surface area contributed by atoms with Crippen LogP contribution in [0.2, 0.25) is 5.54 Å². The van der Waals surface area contributed by atoms with E-state index in [1.165, 1.54) is 25.7 Å². The van der Waals surface area contributed by atoms with E-state index in [0.29, 0.717) is 11.0 Å². The van der Waals surface area contributed by atoms with Gasteiger partial charge in [-0.15, -0.1) is 0 Å². The summed E-state index contributed by atoms with van der Waals surface area (Å²) < 4.78 is 0. The van der Waals surface area contributed by atoms with Crippen molar-refractivity contribution >= 4 is 29.6 Å². The van der Waals surface area contributed by atoms with Crippen LogP contribution in [0, 0.1) is 5.41 Å². The predicted octanol–water partition coefficient (Wildman–Crippen LogP) is 3.65. The molecule has 0 radical (unpaired) electrons. The molecule has 1 aliphatic carbocycles. The van der Waals surface area contributed by atoms with Crippen LogP contribution in [0.1, 0.15) is 39.5 Å². The van der Waals surface area contributed by atoms with Crippen LogP contribution in [0.3, 0.4) is 0 Å². The van der Waals surface area contributed by atoms with Gasteiger partial charge in [0.25, 0.3) is 0 Å². The second-order valence-corrected chi connectivity index (χ2v) is 9.44. The van der Waals surface area contributed by atoms with Crippen molar-refractivity contribution in [3.63, 3.8) is 0 Å². The van der Waals surface area contributed by atoms with Crippen molar-refractivity contribution in [2.24, 2.45) is 5.41 Å². The molecule has 0 N–H and O–H groups in total. The van der Waals surface area contributed by atoms with Gasteiger partial charge < -0.3 is 0 Å². The summed E-state index contributed by atoms with van der Waals surface area (Å²) >= 11 is 11.9. The van der Waals surface area contributed by atoms with Crippen molar-refractivity contribution < 1.29 is 0 Å². The molecule has 1 saturated carbocycles. The van der Waals surface area contributed by atoms with Gasteiger partial charge in [0.2, 0.25) is 7.42 Å². The van der Waals surface area contributed by atoms with E-state index in [0.717, 1.165) is 0 Å². The summed E-state index contributed by atoms with van der Waals surface area (Å²) in [6.45, 7) is 4.67. The minimum absolute atomic E-state index is 0.549. The molecule has 0 amide bonds. The Kier molecular flexibility index (Phi) is 3.30. The number of hydrogen-bond acceptors (Lipinski definition) is 0. The van der Waals surface area contributed by atoms with Crippen LogP contribution in [0.25, 0.3) is 0 Å². The molecule has 0 aromatic heterocycles. The first-order chi connectivity index (χ1) is 5.01. The highest BCUT2D eigenvalue weighted by Crippen LogP contribution is 2.43. The van der Waals surface area contributed by atoms with Gasteiger partial charge in [-0.05, 0) is 23.8 Å².